The van der Waals surface area contributed by atoms with Gasteiger partial charge in [0, 0.05) is 26.2 Å². The monoisotopic (exact) mass is 217 g/mol. The average Bonchev–Trinajstić information content (AvgIpc) is 1.66. The first-order valence-electron chi connectivity index (χ1n) is 2.80. The Morgan fingerprint density at radius 2 is 2.22 bits per heavy atom. The van der Waals surface area contributed by atoms with Crippen LogP contribution in [0, 0.1) is 6.92 Å². The average molecular weight is 218 g/mol. The van der Waals surface area contributed by atoms with E-state index in [4.69, 9.17) is 0 Å². The van der Waals surface area contributed by atoms with Crippen molar-refractivity contribution >= 4 is 5.78 Å². The van der Waals surface area contributed by atoms with Crippen LogP contribution in [-0.4, -0.2) is 5.78 Å². The molecule has 0 atom stereocenters. The van der Waals surface area contributed by atoms with Crippen molar-refractivity contribution in [3.8, 4) is 0 Å². The molecule has 0 aromatic carbocycles. The second kappa shape index (κ2) is 7.94. The second-order valence-corrected chi connectivity index (χ2v) is 1.66. The summed E-state index contributed by atoms with van der Waals surface area (Å²) < 4.78 is 0. The van der Waals surface area contributed by atoms with Gasteiger partial charge < -0.3 is 4.79 Å². The van der Waals surface area contributed by atoms with E-state index < -0.39 is 0 Å². The summed E-state index contributed by atoms with van der Waals surface area (Å²) in [4.78, 5) is 10.1. The van der Waals surface area contributed by atoms with Crippen LogP contribution in [0.1, 0.15) is 19.8 Å². The van der Waals surface area contributed by atoms with Gasteiger partial charge in [-0.3, -0.25) is 0 Å². The molecule has 0 saturated carbocycles. The zero-order valence-corrected chi connectivity index (χ0v) is 7.06. The normalized spacial score (nSPS) is 9.00. The fourth-order valence-corrected chi connectivity index (χ4v) is 0.381. The quantitative estimate of drug-likeness (QED) is 0.400. The molecule has 1 nitrogen and oxygen atoms in total. The van der Waals surface area contributed by atoms with Crippen LogP contribution in [0.2, 0.25) is 0 Å². The van der Waals surface area contributed by atoms with Crippen molar-refractivity contribution in [3.05, 3.63) is 19.1 Å². The number of unbranched alkanes of at least 4 members (excludes halogenated alkanes) is 1. The van der Waals surface area contributed by atoms with Crippen LogP contribution in [0.15, 0.2) is 12.2 Å². The Hall–Kier alpha value is -0.0577. The molecule has 0 rings (SSSR count). The minimum atomic E-state index is -0.113. The maximum Gasteiger partial charge on any atom is 0.0145 e. The molecule has 56 valence electrons. The van der Waals surface area contributed by atoms with Crippen molar-refractivity contribution < 1.29 is 25.2 Å². The molecule has 0 radical (unpaired) electrons. The van der Waals surface area contributed by atoms with E-state index in [0.717, 1.165) is 12.8 Å². The van der Waals surface area contributed by atoms with Crippen LogP contribution in [0.5, 0.6) is 0 Å². The van der Waals surface area contributed by atoms with Crippen molar-refractivity contribution in [1.29, 1.82) is 0 Å². The summed E-state index contributed by atoms with van der Waals surface area (Å²) in [7, 11) is 0. The van der Waals surface area contributed by atoms with Crippen LogP contribution < -0.4 is 0 Å². The summed E-state index contributed by atoms with van der Waals surface area (Å²) in [5, 5.41) is 0. The van der Waals surface area contributed by atoms with Crippen molar-refractivity contribution in [1.82, 2.24) is 0 Å². The topological polar surface area (TPSA) is 17.1 Å². The Balaban J connectivity index is 0. The van der Waals surface area contributed by atoms with E-state index in [1.165, 1.54) is 6.08 Å². The van der Waals surface area contributed by atoms with Gasteiger partial charge in [0.2, 0.25) is 0 Å². The minimum absolute atomic E-state index is 0. The van der Waals surface area contributed by atoms with Gasteiger partial charge in [-0.05, 0) is 0 Å². The van der Waals surface area contributed by atoms with Crippen LogP contribution in [0.25, 0.3) is 0 Å². The number of carbonyl (C=O) groups excluding carboxylic acids is 1. The smallest absolute Gasteiger partial charge is 0.0145 e. The van der Waals surface area contributed by atoms with Gasteiger partial charge in [0.15, 0.2) is 0 Å². The molecular weight excluding hydrogens is 206 g/mol. The summed E-state index contributed by atoms with van der Waals surface area (Å²) >= 11 is 0. The van der Waals surface area contributed by atoms with E-state index >= 15 is 0 Å². The van der Waals surface area contributed by atoms with Crippen molar-refractivity contribution in [2.45, 2.75) is 19.8 Å². The molecule has 0 aromatic heterocycles. The largest absolute Gasteiger partial charge is 0.333 e. The SMILES string of the molecule is [CH2-]C(=O)C=CCCC.[Pd]. The molecule has 0 amide bonds. The van der Waals surface area contributed by atoms with Gasteiger partial charge in [0.05, 0.1) is 0 Å². The third kappa shape index (κ3) is 11.5. The zero-order valence-electron chi connectivity index (χ0n) is 5.50. The first-order chi connectivity index (χ1) is 3.77. The standard InChI is InChI=1S/C7H11O.Pd/c1-3-4-5-6-7(2)8;/h5-6H,2-4H2,1H3;/q-1;. The van der Waals surface area contributed by atoms with Gasteiger partial charge in [-0.1, -0.05) is 19.8 Å². The Bertz CT molecular complexity index is 97.1. The van der Waals surface area contributed by atoms with Gasteiger partial charge >= 0.3 is 0 Å². The van der Waals surface area contributed by atoms with Gasteiger partial charge in [0.1, 0.15) is 0 Å². The summed E-state index contributed by atoms with van der Waals surface area (Å²) in [6.07, 6.45) is 5.41. The Labute approximate surface area is 70.2 Å². The van der Waals surface area contributed by atoms with E-state index in [9.17, 15) is 4.79 Å². The summed E-state index contributed by atoms with van der Waals surface area (Å²) in [5.41, 5.74) is 0. The number of hydrogen-bond acceptors (Lipinski definition) is 1. The van der Waals surface area contributed by atoms with Gasteiger partial charge in [-0.25, -0.2) is 0 Å². The van der Waals surface area contributed by atoms with Crippen molar-refractivity contribution in [3.63, 3.8) is 0 Å². The van der Waals surface area contributed by atoms with E-state index in [0.29, 0.717) is 0 Å². The third-order valence-corrected chi connectivity index (χ3v) is 0.759. The van der Waals surface area contributed by atoms with E-state index in [-0.39, 0.29) is 26.2 Å². The molecule has 0 bridgehead atoms. The maximum atomic E-state index is 10.1. The Morgan fingerprint density at radius 3 is 2.56 bits per heavy atom. The fourth-order valence-electron chi connectivity index (χ4n) is 0.381. The molecule has 2 heteroatoms. The summed E-state index contributed by atoms with van der Waals surface area (Å²) in [6, 6.07) is 0. The molecular formula is C7H11OPd-. The Morgan fingerprint density at radius 1 is 1.67 bits per heavy atom. The second-order valence-electron chi connectivity index (χ2n) is 1.66. The summed E-state index contributed by atoms with van der Waals surface area (Å²) in [6.45, 7) is 5.25. The first-order valence-corrected chi connectivity index (χ1v) is 2.80. The molecule has 0 N–H and O–H groups in total. The number of hydrogen-bond donors (Lipinski definition) is 0. The van der Waals surface area contributed by atoms with Crippen LogP contribution >= 0.6 is 0 Å². The first kappa shape index (κ1) is 11.7. The molecule has 0 aromatic rings. The summed E-state index contributed by atoms with van der Waals surface area (Å²) in [5.74, 6) is -0.113. The number of rotatable bonds is 3. The van der Waals surface area contributed by atoms with Gasteiger partial charge in [-0.2, -0.15) is 19.1 Å². The predicted octanol–water partition coefficient (Wildman–Crippen LogP) is 1.74. The molecule has 0 fully saturated rings. The zero-order chi connectivity index (χ0) is 6.41. The molecule has 9 heavy (non-hydrogen) atoms. The van der Waals surface area contributed by atoms with E-state index in [2.05, 4.69) is 13.8 Å². The molecule has 0 unspecified atom stereocenters. The van der Waals surface area contributed by atoms with E-state index in [1.54, 1.807) is 0 Å². The van der Waals surface area contributed by atoms with E-state index in [1.807, 2.05) is 6.08 Å². The van der Waals surface area contributed by atoms with Crippen LogP contribution in [0.3, 0.4) is 0 Å². The molecule has 0 aliphatic rings. The third-order valence-electron chi connectivity index (χ3n) is 0.759. The fraction of sp³-hybridized carbons (Fsp3) is 0.429. The van der Waals surface area contributed by atoms with Crippen molar-refractivity contribution in [2.75, 3.05) is 0 Å². The number of carbonyl (C=O) groups is 1. The predicted molar refractivity (Wildman–Crippen MR) is 34.4 cm³/mol. The minimum Gasteiger partial charge on any atom is -0.333 e. The molecule has 0 saturated heterocycles. The van der Waals surface area contributed by atoms with Gasteiger partial charge in [0.25, 0.3) is 0 Å². The molecule has 0 aliphatic carbocycles. The van der Waals surface area contributed by atoms with Crippen LogP contribution in [-0.2, 0) is 25.2 Å². The molecule has 0 heterocycles. The maximum absolute atomic E-state index is 10.1. The number of ketones is 1. The van der Waals surface area contributed by atoms with Crippen LogP contribution in [0.4, 0.5) is 0 Å². The van der Waals surface area contributed by atoms with Crippen molar-refractivity contribution in [2.24, 2.45) is 0 Å². The molecule has 0 aliphatic heterocycles. The Kier molecular flexibility index (Phi) is 10.3. The van der Waals surface area contributed by atoms with Gasteiger partial charge in [-0.15, -0.1) is 0 Å². The molecule has 0 spiro atoms. The number of allylic oxidation sites excluding steroid dienone is 2.